The lowest BCUT2D eigenvalue weighted by atomic mass is 10.2. The summed E-state index contributed by atoms with van der Waals surface area (Å²) in [5.74, 6) is 1.47. The molecule has 2 heterocycles. The van der Waals surface area contributed by atoms with E-state index in [1.54, 1.807) is 23.2 Å². The Morgan fingerprint density at radius 1 is 1.13 bits per heavy atom. The van der Waals surface area contributed by atoms with Crippen LogP contribution in [0, 0.1) is 6.92 Å². The molecule has 1 saturated heterocycles. The third-order valence-electron chi connectivity index (χ3n) is 5.11. The van der Waals surface area contributed by atoms with Crippen molar-refractivity contribution in [2.45, 2.75) is 26.3 Å². The van der Waals surface area contributed by atoms with Gasteiger partial charge in [0.25, 0.3) is 5.91 Å². The SMILES string of the molecule is Cc1nccn1Cc1ccc(NC(=O)COc2ccc(N3CCCC3=O)cc2)cc1. The first-order chi connectivity index (χ1) is 14.6. The van der Waals surface area contributed by atoms with Crippen LogP contribution >= 0.6 is 0 Å². The molecule has 0 spiro atoms. The number of amides is 2. The van der Waals surface area contributed by atoms with Gasteiger partial charge < -0.3 is 19.5 Å². The molecule has 4 rings (SSSR count). The number of carbonyl (C=O) groups is 2. The first-order valence-electron chi connectivity index (χ1n) is 9.98. The van der Waals surface area contributed by atoms with E-state index in [9.17, 15) is 9.59 Å². The number of imidazole rings is 1. The van der Waals surface area contributed by atoms with Crippen LogP contribution < -0.4 is 15.0 Å². The van der Waals surface area contributed by atoms with E-state index >= 15 is 0 Å². The Labute approximate surface area is 175 Å². The summed E-state index contributed by atoms with van der Waals surface area (Å²) in [4.78, 5) is 30.0. The van der Waals surface area contributed by atoms with Crippen LogP contribution in [-0.2, 0) is 16.1 Å². The zero-order valence-electron chi connectivity index (χ0n) is 16.9. The number of anilines is 2. The Bertz CT molecular complexity index is 1030. The minimum atomic E-state index is -0.230. The molecule has 0 saturated carbocycles. The fourth-order valence-electron chi connectivity index (χ4n) is 3.45. The molecule has 7 heteroatoms. The van der Waals surface area contributed by atoms with E-state index in [-0.39, 0.29) is 18.4 Å². The Morgan fingerprint density at radius 2 is 1.90 bits per heavy atom. The van der Waals surface area contributed by atoms with Crippen molar-refractivity contribution in [2.24, 2.45) is 0 Å². The zero-order valence-corrected chi connectivity index (χ0v) is 16.9. The number of ether oxygens (including phenoxy) is 1. The molecule has 2 aromatic carbocycles. The summed E-state index contributed by atoms with van der Waals surface area (Å²) >= 11 is 0. The summed E-state index contributed by atoms with van der Waals surface area (Å²) in [5.41, 5.74) is 2.71. The lowest BCUT2D eigenvalue weighted by Crippen LogP contribution is -2.23. The van der Waals surface area contributed by atoms with Gasteiger partial charge in [-0.3, -0.25) is 9.59 Å². The average molecular weight is 404 g/mol. The summed E-state index contributed by atoms with van der Waals surface area (Å²) in [7, 11) is 0. The largest absolute Gasteiger partial charge is 0.484 e. The molecule has 7 nitrogen and oxygen atoms in total. The number of benzene rings is 2. The topological polar surface area (TPSA) is 76.5 Å². The zero-order chi connectivity index (χ0) is 20.9. The second-order valence-corrected chi connectivity index (χ2v) is 7.28. The molecule has 1 N–H and O–H groups in total. The first-order valence-corrected chi connectivity index (χ1v) is 9.98. The maximum atomic E-state index is 12.2. The molecule has 30 heavy (non-hydrogen) atoms. The summed E-state index contributed by atoms with van der Waals surface area (Å²) < 4.78 is 7.63. The van der Waals surface area contributed by atoms with E-state index in [0.29, 0.717) is 12.2 Å². The van der Waals surface area contributed by atoms with Crippen molar-refractivity contribution in [1.82, 2.24) is 9.55 Å². The standard InChI is InChI=1S/C23H24N4O3/c1-17-24-12-14-26(17)15-18-4-6-19(7-5-18)25-22(28)16-30-21-10-8-20(9-11-21)27-13-2-3-23(27)29/h4-12,14H,2-3,13,15-16H2,1H3,(H,25,28). The van der Waals surface area contributed by atoms with Gasteiger partial charge in [0, 0.05) is 43.3 Å². The molecule has 154 valence electrons. The second kappa shape index (κ2) is 8.82. The van der Waals surface area contributed by atoms with E-state index < -0.39 is 0 Å². The normalized spacial score (nSPS) is 13.5. The predicted molar refractivity (Wildman–Crippen MR) is 115 cm³/mol. The fourth-order valence-corrected chi connectivity index (χ4v) is 3.45. The lowest BCUT2D eigenvalue weighted by molar-refractivity contribution is -0.118. The maximum absolute atomic E-state index is 12.2. The van der Waals surface area contributed by atoms with Crippen LogP contribution in [0.4, 0.5) is 11.4 Å². The van der Waals surface area contributed by atoms with Gasteiger partial charge in [-0.2, -0.15) is 0 Å². The van der Waals surface area contributed by atoms with Crippen LogP contribution in [-0.4, -0.2) is 34.5 Å². The Kier molecular flexibility index (Phi) is 5.79. The highest BCUT2D eigenvalue weighted by Gasteiger charge is 2.21. The quantitative estimate of drug-likeness (QED) is 0.655. The van der Waals surface area contributed by atoms with Crippen molar-refractivity contribution in [3.63, 3.8) is 0 Å². The molecule has 0 aliphatic carbocycles. The van der Waals surface area contributed by atoms with Crippen molar-refractivity contribution in [3.05, 3.63) is 72.3 Å². The van der Waals surface area contributed by atoms with E-state index in [4.69, 9.17) is 4.74 Å². The molecule has 1 fully saturated rings. The van der Waals surface area contributed by atoms with Crippen molar-refractivity contribution in [3.8, 4) is 5.75 Å². The van der Waals surface area contributed by atoms with Gasteiger partial charge in [0.1, 0.15) is 11.6 Å². The number of aromatic nitrogens is 2. The van der Waals surface area contributed by atoms with Crippen molar-refractivity contribution in [2.75, 3.05) is 23.4 Å². The van der Waals surface area contributed by atoms with Crippen LogP contribution in [0.15, 0.2) is 60.9 Å². The summed E-state index contributed by atoms with van der Waals surface area (Å²) in [6.45, 7) is 3.37. The van der Waals surface area contributed by atoms with Crippen LogP contribution in [0.25, 0.3) is 0 Å². The molecule has 0 atom stereocenters. The maximum Gasteiger partial charge on any atom is 0.262 e. The van der Waals surface area contributed by atoms with Crippen molar-refractivity contribution >= 4 is 23.2 Å². The molecule has 3 aromatic rings. The van der Waals surface area contributed by atoms with Crippen molar-refractivity contribution in [1.29, 1.82) is 0 Å². The fraction of sp³-hybridized carbons (Fsp3) is 0.261. The minimum absolute atomic E-state index is 0.0853. The van der Waals surface area contributed by atoms with Gasteiger partial charge in [0.05, 0.1) is 0 Å². The summed E-state index contributed by atoms with van der Waals surface area (Å²) in [6.07, 6.45) is 5.21. The first kappa shape index (κ1) is 19.7. The van der Waals surface area contributed by atoms with Crippen molar-refractivity contribution < 1.29 is 14.3 Å². The smallest absolute Gasteiger partial charge is 0.262 e. The van der Waals surface area contributed by atoms with Gasteiger partial charge in [-0.1, -0.05) is 12.1 Å². The second-order valence-electron chi connectivity index (χ2n) is 7.28. The van der Waals surface area contributed by atoms with Gasteiger partial charge in [-0.25, -0.2) is 4.98 Å². The monoisotopic (exact) mass is 404 g/mol. The Balaban J connectivity index is 1.26. The number of hydrogen-bond acceptors (Lipinski definition) is 4. The highest BCUT2D eigenvalue weighted by atomic mass is 16.5. The molecule has 0 bridgehead atoms. The van der Waals surface area contributed by atoms with Gasteiger partial charge in [0.2, 0.25) is 5.91 Å². The van der Waals surface area contributed by atoms with Crippen LogP contribution in [0.2, 0.25) is 0 Å². The van der Waals surface area contributed by atoms with E-state index in [2.05, 4.69) is 14.9 Å². The van der Waals surface area contributed by atoms with Crippen LogP contribution in [0.3, 0.4) is 0 Å². The van der Waals surface area contributed by atoms with Gasteiger partial charge in [-0.05, 0) is 55.3 Å². The number of nitrogens with zero attached hydrogens (tertiary/aromatic N) is 3. The third kappa shape index (κ3) is 4.68. The van der Waals surface area contributed by atoms with Crippen LogP contribution in [0.5, 0.6) is 5.75 Å². The summed E-state index contributed by atoms with van der Waals surface area (Å²) in [5, 5.41) is 2.84. The molecule has 1 aromatic heterocycles. The average Bonchev–Trinajstić information content (AvgIpc) is 3.36. The minimum Gasteiger partial charge on any atom is -0.484 e. The molecular weight excluding hydrogens is 380 g/mol. The number of hydrogen-bond donors (Lipinski definition) is 1. The summed E-state index contributed by atoms with van der Waals surface area (Å²) in [6, 6.07) is 15.0. The molecule has 1 aliphatic rings. The number of aryl methyl sites for hydroxylation is 1. The Hall–Kier alpha value is -3.61. The Morgan fingerprint density at radius 3 is 2.53 bits per heavy atom. The van der Waals surface area contributed by atoms with E-state index in [1.807, 2.05) is 49.5 Å². The van der Waals surface area contributed by atoms with Crippen LogP contribution in [0.1, 0.15) is 24.2 Å². The van der Waals surface area contributed by atoms with E-state index in [1.165, 1.54) is 0 Å². The highest BCUT2D eigenvalue weighted by Crippen LogP contribution is 2.24. The number of carbonyl (C=O) groups excluding carboxylic acids is 2. The third-order valence-corrected chi connectivity index (χ3v) is 5.11. The predicted octanol–water partition coefficient (Wildman–Crippen LogP) is 3.38. The van der Waals surface area contributed by atoms with Gasteiger partial charge >= 0.3 is 0 Å². The number of rotatable bonds is 7. The number of nitrogens with one attached hydrogen (secondary N) is 1. The molecular formula is C23H24N4O3. The van der Waals surface area contributed by atoms with Gasteiger partial charge in [0.15, 0.2) is 6.61 Å². The molecule has 0 radical (unpaired) electrons. The lowest BCUT2D eigenvalue weighted by Gasteiger charge is -2.16. The molecule has 1 aliphatic heterocycles. The van der Waals surface area contributed by atoms with Gasteiger partial charge in [-0.15, -0.1) is 0 Å². The highest BCUT2D eigenvalue weighted by molar-refractivity contribution is 5.95. The molecule has 2 amide bonds. The molecule has 0 unspecified atom stereocenters. The van der Waals surface area contributed by atoms with E-state index in [0.717, 1.165) is 42.3 Å².